The molecule has 2 aromatic rings. The molecule has 1 atom stereocenters. The van der Waals surface area contributed by atoms with Crippen LogP contribution >= 0.6 is 15.9 Å². The Bertz CT molecular complexity index is 589. The first-order valence-corrected chi connectivity index (χ1v) is 7.71. The molecule has 5 heteroatoms. The largest absolute Gasteiger partial charge is 0.439 e. The van der Waals surface area contributed by atoms with Crippen molar-refractivity contribution < 1.29 is 9.13 Å². The molecule has 112 valence electrons. The number of ether oxygens (including phenoxy) is 1. The standard InChI is InChI=1S/C16H18BrFN2O/c1-3-8-19-11(2)12-4-7-16(20-10-12)21-13-5-6-14(17)15(18)9-13/h4-7,9-11,19H,3,8H2,1-2H3. The van der Waals surface area contributed by atoms with Crippen LogP contribution in [0, 0.1) is 5.82 Å². The van der Waals surface area contributed by atoms with Crippen LogP contribution in [0.15, 0.2) is 41.0 Å². The lowest BCUT2D eigenvalue weighted by atomic mass is 10.1. The number of nitrogens with zero attached hydrogens (tertiary/aromatic N) is 1. The minimum atomic E-state index is -0.360. The van der Waals surface area contributed by atoms with E-state index in [2.05, 4.69) is 40.1 Å². The van der Waals surface area contributed by atoms with E-state index in [1.807, 2.05) is 6.07 Å². The molecule has 0 aliphatic heterocycles. The molecule has 1 unspecified atom stereocenters. The van der Waals surface area contributed by atoms with Gasteiger partial charge in [-0.25, -0.2) is 9.37 Å². The first-order valence-electron chi connectivity index (χ1n) is 6.92. The van der Waals surface area contributed by atoms with E-state index < -0.39 is 0 Å². The van der Waals surface area contributed by atoms with Gasteiger partial charge in [0.1, 0.15) is 11.6 Å². The lowest BCUT2D eigenvalue weighted by Crippen LogP contribution is -2.19. The summed E-state index contributed by atoms with van der Waals surface area (Å²) in [7, 11) is 0. The molecular formula is C16H18BrFN2O. The highest BCUT2D eigenvalue weighted by Gasteiger charge is 2.07. The molecule has 1 heterocycles. The molecule has 0 bridgehead atoms. The van der Waals surface area contributed by atoms with Gasteiger partial charge in [0.2, 0.25) is 5.88 Å². The molecule has 0 spiro atoms. The Hall–Kier alpha value is -1.46. The van der Waals surface area contributed by atoms with Crippen molar-refractivity contribution in [2.75, 3.05) is 6.54 Å². The van der Waals surface area contributed by atoms with Crippen LogP contribution in [0.5, 0.6) is 11.6 Å². The van der Waals surface area contributed by atoms with Crippen LogP contribution in [-0.2, 0) is 0 Å². The highest BCUT2D eigenvalue weighted by molar-refractivity contribution is 9.10. The number of hydrogen-bond acceptors (Lipinski definition) is 3. The van der Waals surface area contributed by atoms with Crippen molar-refractivity contribution >= 4 is 15.9 Å². The number of benzene rings is 1. The van der Waals surface area contributed by atoms with Gasteiger partial charge in [-0.15, -0.1) is 0 Å². The van der Waals surface area contributed by atoms with E-state index in [0.717, 1.165) is 18.5 Å². The average Bonchev–Trinajstić information content (AvgIpc) is 2.49. The van der Waals surface area contributed by atoms with Crippen LogP contribution in [0.2, 0.25) is 0 Å². The van der Waals surface area contributed by atoms with Crippen LogP contribution in [0.3, 0.4) is 0 Å². The van der Waals surface area contributed by atoms with E-state index in [1.54, 1.807) is 24.4 Å². The van der Waals surface area contributed by atoms with Crippen molar-refractivity contribution in [3.8, 4) is 11.6 Å². The van der Waals surface area contributed by atoms with Crippen LogP contribution in [0.1, 0.15) is 31.9 Å². The van der Waals surface area contributed by atoms with E-state index in [0.29, 0.717) is 16.1 Å². The fraction of sp³-hybridized carbons (Fsp3) is 0.312. The van der Waals surface area contributed by atoms with Gasteiger partial charge in [-0.2, -0.15) is 0 Å². The SMILES string of the molecule is CCCNC(C)c1ccc(Oc2ccc(Br)c(F)c2)nc1. The van der Waals surface area contributed by atoms with Crippen molar-refractivity contribution in [1.29, 1.82) is 0 Å². The van der Waals surface area contributed by atoms with Crippen LogP contribution in [0.25, 0.3) is 0 Å². The second-order valence-electron chi connectivity index (χ2n) is 4.78. The average molecular weight is 353 g/mol. The predicted molar refractivity (Wildman–Crippen MR) is 85.1 cm³/mol. The number of hydrogen-bond donors (Lipinski definition) is 1. The first kappa shape index (κ1) is 15.9. The van der Waals surface area contributed by atoms with Crippen molar-refractivity contribution in [2.45, 2.75) is 26.3 Å². The van der Waals surface area contributed by atoms with E-state index in [-0.39, 0.29) is 11.9 Å². The number of pyridine rings is 1. The van der Waals surface area contributed by atoms with Gasteiger partial charge in [-0.1, -0.05) is 13.0 Å². The monoisotopic (exact) mass is 352 g/mol. The van der Waals surface area contributed by atoms with Gasteiger partial charge in [0.15, 0.2) is 0 Å². The smallest absolute Gasteiger partial charge is 0.219 e. The van der Waals surface area contributed by atoms with Gasteiger partial charge >= 0.3 is 0 Å². The predicted octanol–water partition coefficient (Wildman–Crippen LogP) is 4.84. The highest BCUT2D eigenvalue weighted by atomic mass is 79.9. The van der Waals surface area contributed by atoms with E-state index in [9.17, 15) is 4.39 Å². The Kier molecular flexibility index (Phi) is 5.70. The molecule has 0 radical (unpaired) electrons. The fourth-order valence-corrected chi connectivity index (χ4v) is 2.09. The highest BCUT2D eigenvalue weighted by Crippen LogP contribution is 2.25. The second-order valence-corrected chi connectivity index (χ2v) is 5.64. The molecule has 1 N–H and O–H groups in total. The summed E-state index contributed by atoms with van der Waals surface area (Å²) >= 11 is 3.11. The first-order chi connectivity index (χ1) is 10.1. The van der Waals surface area contributed by atoms with E-state index in [4.69, 9.17) is 4.74 Å². The topological polar surface area (TPSA) is 34.1 Å². The summed E-state index contributed by atoms with van der Waals surface area (Å²) in [4.78, 5) is 4.26. The van der Waals surface area contributed by atoms with Gasteiger partial charge in [0, 0.05) is 24.4 Å². The summed E-state index contributed by atoms with van der Waals surface area (Å²) in [6.45, 7) is 5.20. The maximum absolute atomic E-state index is 13.4. The quantitative estimate of drug-likeness (QED) is 0.807. The third-order valence-electron chi connectivity index (χ3n) is 3.07. The molecule has 0 aliphatic rings. The fourth-order valence-electron chi connectivity index (χ4n) is 1.85. The number of halogens is 2. The molecule has 0 saturated carbocycles. The second kappa shape index (κ2) is 7.52. The summed E-state index contributed by atoms with van der Waals surface area (Å²) in [5.41, 5.74) is 1.10. The Morgan fingerprint density at radius 1 is 1.33 bits per heavy atom. The molecule has 3 nitrogen and oxygen atoms in total. The number of rotatable bonds is 6. The van der Waals surface area contributed by atoms with E-state index >= 15 is 0 Å². The minimum Gasteiger partial charge on any atom is -0.439 e. The lowest BCUT2D eigenvalue weighted by Gasteiger charge is -2.13. The molecule has 21 heavy (non-hydrogen) atoms. The summed E-state index contributed by atoms with van der Waals surface area (Å²) in [6, 6.07) is 8.62. The molecule has 0 fully saturated rings. The number of aromatic nitrogens is 1. The molecule has 0 amide bonds. The maximum atomic E-state index is 13.4. The Labute approximate surface area is 132 Å². The zero-order valence-electron chi connectivity index (χ0n) is 12.1. The maximum Gasteiger partial charge on any atom is 0.219 e. The minimum absolute atomic E-state index is 0.247. The van der Waals surface area contributed by atoms with Crippen LogP contribution < -0.4 is 10.1 Å². The van der Waals surface area contributed by atoms with Gasteiger partial charge in [0.25, 0.3) is 0 Å². The molecule has 1 aromatic carbocycles. The third kappa shape index (κ3) is 4.51. The molecule has 2 rings (SSSR count). The Balaban J connectivity index is 2.03. The Morgan fingerprint density at radius 3 is 2.76 bits per heavy atom. The summed E-state index contributed by atoms with van der Waals surface area (Å²) in [5, 5.41) is 3.40. The van der Waals surface area contributed by atoms with Gasteiger partial charge in [-0.3, -0.25) is 0 Å². The van der Waals surface area contributed by atoms with Crippen molar-refractivity contribution in [1.82, 2.24) is 10.3 Å². The summed E-state index contributed by atoms with van der Waals surface area (Å²) < 4.78 is 19.4. The van der Waals surface area contributed by atoms with Gasteiger partial charge in [-0.05, 0) is 53.5 Å². The molecule has 0 aliphatic carbocycles. The van der Waals surface area contributed by atoms with E-state index in [1.165, 1.54) is 6.07 Å². The van der Waals surface area contributed by atoms with Crippen molar-refractivity contribution in [3.63, 3.8) is 0 Å². The number of nitrogens with one attached hydrogen (secondary N) is 1. The normalized spacial score (nSPS) is 12.2. The summed E-state index contributed by atoms with van der Waals surface area (Å²) in [6.07, 6.45) is 2.87. The van der Waals surface area contributed by atoms with Gasteiger partial charge in [0.05, 0.1) is 4.47 Å². The third-order valence-corrected chi connectivity index (χ3v) is 3.72. The van der Waals surface area contributed by atoms with Gasteiger partial charge < -0.3 is 10.1 Å². The molecular weight excluding hydrogens is 335 g/mol. The van der Waals surface area contributed by atoms with Crippen molar-refractivity contribution in [3.05, 3.63) is 52.4 Å². The van der Waals surface area contributed by atoms with Crippen LogP contribution in [0.4, 0.5) is 4.39 Å². The molecule has 1 aromatic heterocycles. The zero-order valence-corrected chi connectivity index (χ0v) is 13.7. The zero-order chi connectivity index (χ0) is 15.2. The van der Waals surface area contributed by atoms with Crippen molar-refractivity contribution in [2.24, 2.45) is 0 Å². The van der Waals surface area contributed by atoms with Crippen LogP contribution in [-0.4, -0.2) is 11.5 Å². The molecule has 0 saturated heterocycles. The Morgan fingerprint density at radius 2 is 2.14 bits per heavy atom. The summed E-state index contributed by atoms with van der Waals surface area (Å²) in [5.74, 6) is 0.512. The lowest BCUT2D eigenvalue weighted by molar-refractivity contribution is 0.456.